The second kappa shape index (κ2) is 4.06. The highest BCUT2D eigenvalue weighted by Crippen LogP contribution is 2.32. The second-order valence-corrected chi connectivity index (χ2v) is 5.20. The Morgan fingerprint density at radius 2 is 1.88 bits per heavy atom. The molecule has 0 aromatic heterocycles. The fourth-order valence-electron chi connectivity index (χ4n) is 2.48. The lowest BCUT2D eigenvalue weighted by atomic mass is 10.1. The molecule has 2 amide bonds. The summed E-state index contributed by atoms with van der Waals surface area (Å²) in [5.41, 5.74) is 2.56. The van der Waals surface area contributed by atoms with Gasteiger partial charge in [0.05, 0.1) is 0 Å². The first-order valence-electron chi connectivity index (χ1n) is 6.36. The summed E-state index contributed by atoms with van der Waals surface area (Å²) in [6, 6.07) is 8.69. The minimum Gasteiger partial charge on any atom is -0.335 e. The zero-order valence-electron chi connectivity index (χ0n) is 10.1. The van der Waals surface area contributed by atoms with E-state index in [-0.39, 0.29) is 6.03 Å². The van der Waals surface area contributed by atoms with Gasteiger partial charge in [-0.15, -0.1) is 0 Å². The van der Waals surface area contributed by atoms with Crippen LogP contribution in [0.25, 0.3) is 0 Å². The summed E-state index contributed by atoms with van der Waals surface area (Å²) in [5, 5.41) is 3.11. The monoisotopic (exact) mass is 230 g/mol. The molecule has 1 fully saturated rings. The molecule has 1 aliphatic carbocycles. The van der Waals surface area contributed by atoms with Crippen LogP contribution >= 0.6 is 0 Å². The highest BCUT2D eigenvalue weighted by molar-refractivity contribution is 5.75. The van der Waals surface area contributed by atoms with Crippen molar-refractivity contribution in [1.82, 2.24) is 10.2 Å². The smallest absolute Gasteiger partial charge is 0.318 e. The minimum atomic E-state index is 0.0839. The van der Waals surface area contributed by atoms with Crippen LogP contribution < -0.4 is 5.32 Å². The molecule has 90 valence electrons. The van der Waals surface area contributed by atoms with Crippen LogP contribution in [-0.2, 0) is 13.1 Å². The first-order valence-corrected chi connectivity index (χ1v) is 6.36. The molecule has 0 bridgehead atoms. The Labute approximate surface area is 102 Å². The second-order valence-electron chi connectivity index (χ2n) is 5.20. The number of nitrogens with zero attached hydrogens (tertiary/aromatic N) is 1. The third-order valence-corrected chi connectivity index (χ3v) is 3.81. The van der Waals surface area contributed by atoms with Crippen molar-refractivity contribution in [3.05, 3.63) is 35.4 Å². The van der Waals surface area contributed by atoms with E-state index in [4.69, 9.17) is 0 Å². The molecule has 1 saturated carbocycles. The quantitative estimate of drug-likeness (QED) is 0.832. The van der Waals surface area contributed by atoms with Crippen molar-refractivity contribution in [3.8, 4) is 0 Å². The number of carbonyl (C=O) groups is 1. The van der Waals surface area contributed by atoms with Crippen molar-refractivity contribution < 1.29 is 4.79 Å². The van der Waals surface area contributed by atoms with Crippen molar-refractivity contribution in [2.24, 2.45) is 5.92 Å². The van der Waals surface area contributed by atoms with Crippen molar-refractivity contribution >= 4 is 6.03 Å². The van der Waals surface area contributed by atoms with E-state index in [1.807, 2.05) is 17.0 Å². The van der Waals surface area contributed by atoms with Crippen molar-refractivity contribution in [3.63, 3.8) is 0 Å². The standard InChI is InChI=1S/C14H18N2O/c1-10(11-6-7-11)15-14(17)16-8-12-4-2-3-5-13(12)9-16/h2-5,10-11H,6-9H2,1H3,(H,15,17)/t10-/m0/s1. The van der Waals surface area contributed by atoms with Gasteiger partial charge in [0.25, 0.3) is 0 Å². The fourth-order valence-corrected chi connectivity index (χ4v) is 2.48. The summed E-state index contributed by atoms with van der Waals surface area (Å²) in [6.45, 7) is 3.61. The first kappa shape index (κ1) is 10.6. The third-order valence-electron chi connectivity index (χ3n) is 3.81. The Hall–Kier alpha value is -1.51. The number of hydrogen-bond acceptors (Lipinski definition) is 1. The molecular formula is C14H18N2O. The van der Waals surface area contributed by atoms with Crippen molar-refractivity contribution in [2.45, 2.75) is 38.9 Å². The van der Waals surface area contributed by atoms with Gasteiger partial charge >= 0.3 is 6.03 Å². The maximum Gasteiger partial charge on any atom is 0.318 e. The van der Waals surface area contributed by atoms with Gasteiger partial charge in [0.1, 0.15) is 0 Å². The van der Waals surface area contributed by atoms with Crippen LogP contribution in [0.2, 0.25) is 0 Å². The molecule has 1 aliphatic heterocycles. The van der Waals surface area contributed by atoms with Gasteiger partial charge in [-0.25, -0.2) is 4.79 Å². The van der Waals surface area contributed by atoms with E-state index < -0.39 is 0 Å². The van der Waals surface area contributed by atoms with E-state index in [0.717, 1.165) is 13.1 Å². The van der Waals surface area contributed by atoms with Crippen LogP contribution in [0.5, 0.6) is 0 Å². The molecule has 3 heteroatoms. The van der Waals surface area contributed by atoms with Gasteiger partial charge in [0.2, 0.25) is 0 Å². The van der Waals surface area contributed by atoms with Gasteiger partial charge in [0.15, 0.2) is 0 Å². The van der Waals surface area contributed by atoms with Crippen LogP contribution in [-0.4, -0.2) is 17.0 Å². The number of benzene rings is 1. The molecule has 2 aliphatic rings. The lowest BCUT2D eigenvalue weighted by Gasteiger charge is -2.20. The highest BCUT2D eigenvalue weighted by Gasteiger charge is 2.31. The Balaban J connectivity index is 1.61. The van der Waals surface area contributed by atoms with Crippen LogP contribution in [0.4, 0.5) is 4.79 Å². The number of fused-ring (bicyclic) bond motifs is 1. The van der Waals surface area contributed by atoms with Gasteiger partial charge in [-0.05, 0) is 36.8 Å². The zero-order valence-corrected chi connectivity index (χ0v) is 10.1. The molecule has 0 radical (unpaired) electrons. The van der Waals surface area contributed by atoms with Gasteiger partial charge in [-0.1, -0.05) is 24.3 Å². The van der Waals surface area contributed by atoms with E-state index >= 15 is 0 Å². The maximum absolute atomic E-state index is 12.1. The maximum atomic E-state index is 12.1. The molecular weight excluding hydrogens is 212 g/mol. The SMILES string of the molecule is C[C@H](NC(=O)N1Cc2ccccc2C1)C1CC1. The lowest BCUT2D eigenvalue weighted by Crippen LogP contribution is -2.42. The highest BCUT2D eigenvalue weighted by atomic mass is 16.2. The molecule has 3 rings (SSSR count). The van der Waals surface area contributed by atoms with E-state index in [1.165, 1.54) is 24.0 Å². The van der Waals surface area contributed by atoms with Gasteiger partial charge in [0, 0.05) is 19.1 Å². The van der Waals surface area contributed by atoms with Gasteiger partial charge in [-0.2, -0.15) is 0 Å². The third kappa shape index (κ3) is 2.14. The van der Waals surface area contributed by atoms with Gasteiger partial charge < -0.3 is 10.2 Å². The molecule has 0 saturated heterocycles. The number of nitrogens with one attached hydrogen (secondary N) is 1. The molecule has 17 heavy (non-hydrogen) atoms. The molecule has 3 nitrogen and oxygen atoms in total. The normalized spacial score (nSPS) is 19.9. The Morgan fingerprint density at radius 3 is 2.41 bits per heavy atom. The van der Waals surface area contributed by atoms with Gasteiger partial charge in [-0.3, -0.25) is 0 Å². The molecule has 1 atom stereocenters. The van der Waals surface area contributed by atoms with Crippen LogP contribution in [0.3, 0.4) is 0 Å². The van der Waals surface area contributed by atoms with E-state index in [9.17, 15) is 4.79 Å². The summed E-state index contributed by atoms with van der Waals surface area (Å²) in [7, 11) is 0. The molecule has 1 aromatic rings. The summed E-state index contributed by atoms with van der Waals surface area (Å²) in [5.74, 6) is 0.712. The summed E-state index contributed by atoms with van der Waals surface area (Å²) in [4.78, 5) is 14.0. The van der Waals surface area contributed by atoms with Crippen molar-refractivity contribution in [2.75, 3.05) is 0 Å². The number of hydrogen-bond donors (Lipinski definition) is 1. The molecule has 1 aromatic carbocycles. The molecule has 1 heterocycles. The number of rotatable bonds is 2. The average Bonchev–Trinajstić information content (AvgIpc) is 3.08. The molecule has 1 N–H and O–H groups in total. The average molecular weight is 230 g/mol. The predicted molar refractivity (Wildman–Crippen MR) is 66.4 cm³/mol. The Kier molecular flexibility index (Phi) is 2.54. The summed E-state index contributed by atoms with van der Waals surface area (Å²) in [6.07, 6.45) is 2.53. The fraction of sp³-hybridized carbons (Fsp3) is 0.500. The number of carbonyl (C=O) groups excluding carboxylic acids is 1. The Bertz CT molecular complexity index is 415. The Morgan fingerprint density at radius 1 is 1.29 bits per heavy atom. The summed E-state index contributed by atoms with van der Waals surface area (Å²) >= 11 is 0. The topological polar surface area (TPSA) is 32.3 Å². The molecule has 0 unspecified atom stereocenters. The van der Waals surface area contributed by atoms with Crippen LogP contribution in [0, 0.1) is 5.92 Å². The number of urea groups is 1. The summed E-state index contributed by atoms with van der Waals surface area (Å²) < 4.78 is 0. The predicted octanol–water partition coefficient (Wildman–Crippen LogP) is 2.51. The largest absolute Gasteiger partial charge is 0.335 e. The van der Waals surface area contributed by atoms with E-state index in [0.29, 0.717) is 12.0 Å². The minimum absolute atomic E-state index is 0.0839. The van der Waals surface area contributed by atoms with E-state index in [1.54, 1.807) is 0 Å². The van der Waals surface area contributed by atoms with E-state index in [2.05, 4.69) is 24.4 Å². The van der Waals surface area contributed by atoms with Crippen LogP contribution in [0.1, 0.15) is 30.9 Å². The zero-order chi connectivity index (χ0) is 11.8. The number of amides is 2. The lowest BCUT2D eigenvalue weighted by molar-refractivity contribution is 0.193. The van der Waals surface area contributed by atoms with Crippen LogP contribution in [0.15, 0.2) is 24.3 Å². The van der Waals surface area contributed by atoms with Crippen molar-refractivity contribution in [1.29, 1.82) is 0 Å². The first-order chi connectivity index (χ1) is 8.24. The molecule has 0 spiro atoms.